The number of aromatic nitrogens is 4. The van der Waals surface area contributed by atoms with Gasteiger partial charge in [-0.25, -0.2) is 9.97 Å². The van der Waals surface area contributed by atoms with Gasteiger partial charge in [0, 0.05) is 54.4 Å². The molecule has 0 unspecified atom stereocenters. The fourth-order valence-corrected chi connectivity index (χ4v) is 4.42. The molecule has 3 aromatic rings. The number of hydrogen-bond acceptors (Lipinski definition) is 7. The monoisotopic (exact) mass is 473 g/mol. The van der Waals surface area contributed by atoms with Crippen LogP contribution in [0.5, 0.6) is 0 Å². The average molecular weight is 474 g/mol. The van der Waals surface area contributed by atoms with Gasteiger partial charge in [0.25, 0.3) is 0 Å². The lowest BCUT2D eigenvalue weighted by Crippen LogP contribution is -2.32. The molecule has 35 heavy (non-hydrogen) atoms. The molecule has 0 atom stereocenters. The fraction of sp³-hybridized carbons (Fsp3) is 0.464. The Labute approximate surface area is 208 Å². The molecule has 4 heterocycles. The molecule has 0 bridgehead atoms. The van der Waals surface area contributed by atoms with Gasteiger partial charge in [0.15, 0.2) is 5.82 Å². The van der Waals surface area contributed by atoms with Crippen molar-refractivity contribution in [2.75, 3.05) is 24.6 Å². The molecule has 4 rings (SSSR count). The number of carbonyl (C=O) groups is 1. The van der Waals surface area contributed by atoms with Crippen LogP contribution in [0.1, 0.15) is 62.5 Å². The first-order valence-corrected chi connectivity index (χ1v) is 12.7. The molecule has 3 aromatic heterocycles. The Morgan fingerprint density at radius 1 is 0.914 bits per heavy atom. The van der Waals surface area contributed by atoms with E-state index in [0.29, 0.717) is 13.0 Å². The molecule has 0 fully saturated rings. The number of esters is 1. The quantitative estimate of drug-likeness (QED) is 0.285. The maximum absolute atomic E-state index is 11.5. The van der Waals surface area contributed by atoms with Crippen LogP contribution in [-0.4, -0.2) is 45.6 Å². The first-order valence-electron chi connectivity index (χ1n) is 12.7. The van der Waals surface area contributed by atoms with E-state index in [2.05, 4.69) is 27.0 Å². The van der Waals surface area contributed by atoms with Crippen LogP contribution in [0.2, 0.25) is 0 Å². The van der Waals surface area contributed by atoms with Crippen molar-refractivity contribution < 1.29 is 9.53 Å². The van der Waals surface area contributed by atoms with E-state index in [1.807, 2.05) is 45.3 Å². The zero-order chi connectivity index (χ0) is 24.6. The third kappa shape index (κ3) is 6.41. The third-order valence-corrected chi connectivity index (χ3v) is 6.32. The molecule has 0 radical (unpaired) electrons. The Kier molecular flexibility index (Phi) is 8.40. The van der Waals surface area contributed by atoms with Gasteiger partial charge in [0.1, 0.15) is 5.69 Å². The van der Waals surface area contributed by atoms with Crippen LogP contribution in [0.4, 0.5) is 5.82 Å². The number of rotatable bonds is 10. The highest BCUT2D eigenvalue weighted by molar-refractivity contribution is 5.79. The summed E-state index contributed by atoms with van der Waals surface area (Å²) in [7, 11) is 0. The second-order valence-electron chi connectivity index (χ2n) is 9.13. The Bertz CT molecular complexity index is 1130. The van der Waals surface area contributed by atoms with Gasteiger partial charge in [-0.05, 0) is 70.7 Å². The highest BCUT2D eigenvalue weighted by Gasteiger charge is 2.24. The number of ether oxygens (including phenoxy) is 1. The molecule has 0 saturated heterocycles. The lowest BCUT2D eigenvalue weighted by Gasteiger charge is -2.30. The average Bonchev–Trinajstić information content (AvgIpc) is 2.86. The van der Waals surface area contributed by atoms with Crippen LogP contribution in [0.25, 0.3) is 22.5 Å². The molecule has 0 saturated carbocycles. The van der Waals surface area contributed by atoms with Gasteiger partial charge in [-0.1, -0.05) is 12.8 Å². The van der Waals surface area contributed by atoms with Crippen molar-refractivity contribution in [3.63, 3.8) is 0 Å². The minimum Gasteiger partial charge on any atom is -0.466 e. The lowest BCUT2D eigenvalue weighted by atomic mass is 10.0. The second-order valence-corrected chi connectivity index (χ2v) is 9.13. The zero-order valence-corrected chi connectivity index (χ0v) is 21.1. The van der Waals surface area contributed by atoms with Crippen LogP contribution in [-0.2, 0) is 16.0 Å². The van der Waals surface area contributed by atoms with Crippen molar-refractivity contribution in [2.45, 2.75) is 65.7 Å². The van der Waals surface area contributed by atoms with E-state index in [1.165, 1.54) is 0 Å². The Hall–Kier alpha value is -3.35. The lowest BCUT2D eigenvalue weighted by molar-refractivity contribution is -0.143. The van der Waals surface area contributed by atoms with Gasteiger partial charge in [0.05, 0.1) is 18.0 Å². The van der Waals surface area contributed by atoms with E-state index in [-0.39, 0.29) is 5.97 Å². The number of anilines is 1. The van der Waals surface area contributed by atoms with E-state index in [4.69, 9.17) is 14.7 Å². The second kappa shape index (κ2) is 11.9. The third-order valence-electron chi connectivity index (χ3n) is 6.32. The molecule has 1 aliphatic rings. The number of pyridine rings is 2. The predicted molar refractivity (Wildman–Crippen MR) is 138 cm³/mol. The first-order chi connectivity index (χ1) is 17.0. The van der Waals surface area contributed by atoms with Crippen molar-refractivity contribution in [2.24, 2.45) is 0 Å². The summed E-state index contributed by atoms with van der Waals surface area (Å²) in [6.07, 6.45) is 10.3. The summed E-state index contributed by atoms with van der Waals surface area (Å²) in [5, 5.41) is 0. The van der Waals surface area contributed by atoms with Crippen molar-refractivity contribution in [1.82, 2.24) is 19.9 Å². The van der Waals surface area contributed by atoms with Gasteiger partial charge in [-0.3, -0.25) is 14.8 Å². The van der Waals surface area contributed by atoms with Gasteiger partial charge in [0.2, 0.25) is 0 Å². The maximum Gasteiger partial charge on any atom is 0.305 e. The summed E-state index contributed by atoms with van der Waals surface area (Å²) >= 11 is 0. The van der Waals surface area contributed by atoms with Crippen LogP contribution in [0.3, 0.4) is 0 Å². The summed E-state index contributed by atoms with van der Waals surface area (Å²) < 4.78 is 5.01. The van der Waals surface area contributed by atoms with Crippen LogP contribution < -0.4 is 4.90 Å². The summed E-state index contributed by atoms with van der Waals surface area (Å²) in [5.41, 5.74) is 6.66. The minimum atomic E-state index is -0.0922. The van der Waals surface area contributed by atoms with Crippen molar-refractivity contribution >= 4 is 11.8 Å². The van der Waals surface area contributed by atoms with Gasteiger partial charge < -0.3 is 9.64 Å². The van der Waals surface area contributed by atoms with Crippen LogP contribution in [0, 0.1) is 13.8 Å². The summed E-state index contributed by atoms with van der Waals surface area (Å²) in [4.78, 5) is 33.2. The van der Waals surface area contributed by atoms with E-state index in [1.54, 1.807) is 0 Å². The zero-order valence-electron chi connectivity index (χ0n) is 21.1. The number of nitrogens with zero attached hydrogens (tertiary/aromatic N) is 5. The summed E-state index contributed by atoms with van der Waals surface area (Å²) in [6, 6.07) is 8.17. The van der Waals surface area contributed by atoms with Gasteiger partial charge in [-0.15, -0.1) is 0 Å². The van der Waals surface area contributed by atoms with Crippen molar-refractivity contribution in [1.29, 1.82) is 0 Å². The Balaban J connectivity index is 1.53. The van der Waals surface area contributed by atoms with Crippen LogP contribution >= 0.6 is 0 Å². The van der Waals surface area contributed by atoms with Crippen molar-refractivity contribution in [3.8, 4) is 22.5 Å². The molecule has 0 aromatic carbocycles. The van der Waals surface area contributed by atoms with E-state index >= 15 is 0 Å². The highest BCUT2D eigenvalue weighted by Crippen LogP contribution is 2.34. The molecule has 0 spiro atoms. The molecule has 184 valence electrons. The molecule has 1 aliphatic heterocycles. The number of unbranched alkanes of at least 4 members (excludes halogenated alkanes) is 3. The Morgan fingerprint density at radius 2 is 1.57 bits per heavy atom. The highest BCUT2D eigenvalue weighted by atomic mass is 16.5. The number of aryl methyl sites for hydroxylation is 3. The Morgan fingerprint density at radius 3 is 2.20 bits per heavy atom. The maximum atomic E-state index is 11.5. The first kappa shape index (κ1) is 24.8. The molecular formula is C28H35N5O2. The van der Waals surface area contributed by atoms with E-state index in [0.717, 1.165) is 97.0 Å². The molecule has 7 nitrogen and oxygen atoms in total. The smallest absolute Gasteiger partial charge is 0.305 e. The molecule has 7 heteroatoms. The van der Waals surface area contributed by atoms with E-state index < -0.39 is 0 Å². The summed E-state index contributed by atoms with van der Waals surface area (Å²) in [6.45, 7) is 8.21. The van der Waals surface area contributed by atoms with E-state index in [9.17, 15) is 4.79 Å². The molecule has 0 amide bonds. The normalized spacial score (nSPS) is 12.9. The number of hydrogen-bond donors (Lipinski definition) is 0. The van der Waals surface area contributed by atoms with Gasteiger partial charge in [-0.2, -0.15) is 0 Å². The van der Waals surface area contributed by atoms with Crippen molar-refractivity contribution in [3.05, 3.63) is 53.7 Å². The SMILES string of the molecule is CCOC(=O)CCCCCCN1CCCc2nc(-c3ccc(C)nc3)c(-c3ccc(C)nc3)nc21. The number of fused-ring (bicyclic) bond motifs is 1. The molecule has 0 N–H and O–H groups in total. The molecular weight excluding hydrogens is 438 g/mol. The van der Waals surface area contributed by atoms with Crippen LogP contribution in [0.15, 0.2) is 36.7 Å². The largest absolute Gasteiger partial charge is 0.466 e. The molecule has 0 aliphatic carbocycles. The number of carbonyl (C=O) groups excluding carboxylic acids is 1. The minimum absolute atomic E-state index is 0.0922. The summed E-state index contributed by atoms with van der Waals surface area (Å²) in [5.74, 6) is 0.896. The fourth-order valence-electron chi connectivity index (χ4n) is 4.42. The standard InChI is InChI=1S/C28H35N5O2/c1-4-35-25(34)11-7-5-6-8-16-33-17-9-10-24-28(33)32-27(23-15-13-21(3)30-19-23)26(31-24)22-14-12-20(2)29-18-22/h12-15,18-19H,4-11,16-17H2,1-3H3. The predicted octanol–water partition coefficient (Wildman–Crippen LogP) is 5.48. The van der Waals surface area contributed by atoms with Gasteiger partial charge >= 0.3 is 5.97 Å². The topological polar surface area (TPSA) is 81.1 Å².